The van der Waals surface area contributed by atoms with E-state index < -0.39 is 0 Å². The normalized spacial score (nSPS) is 15.4. The Bertz CT molecular complexity index is 402. The van der Waals surface area contributed by atoms with Crippen molar-refractivity contribution in [3.05, 3.63) is 22.7 Å². The van der Waals surface area contributed by atoms with E-state index in [1.54, 1.807) is 7.11 Å². The van der Waals surface area contributed by atoms with Crippen molar-refractivity contribution in [2.45, 2.75) is 19.3 Å². The zero-order chi connectivity index (χ0) is 11.5. The number of halogens is 1. The number of rotatable bonds is 3. The van der Waals surface area contributed by atoms with Crippen molar-refractivity contribution >= 4 is 27.5 Å². The number of nitrogens with one attached hydrogen (secondary N) is 1. The Morgan fingerprint density at radius 3 is 2.81 bits per heavy atom. The molecule has 1 amide bonds. The van der Waals surface area contributed by atoms with Crippen LogP contribution < -0.4 is 10.1 Å². The first-order valence-electron chi connectivity index (χ1n) is 5.35. The number of ether oxygens (including phenoxy) is 1. The van der Waals surface area contributed by atoms with Crippen LogP contribution in [-0.4, -0.2) is 13.0 Å². The van der Waals surface area contributed by atoms with Crippen LogP contribution in [0.2, 0.25) is 0 Å². The summed E-state index contributed by atoms with van der Waals surface area (Å²) in [4.78, 5) is 11.8. The van der Waals surface area contributed by atoms with Crippen molar-refractivity contribution in [3.63, 3.8) is 0 Å². The first-order chi connectivity index (χ1) is 7.70. The second-order valence-corrected chi connectivity index (χ2v) is 4.82. The van der Waals surface area contributed by atoms with Crippen molar-refractivity contribution in [2.75, 3.05) is 12.4 Å². The fourth-order valence-corrected chi connectivity index (χ4v) is 1.98. The molecule has 4 heteroatoms. The van der Waals surface area contributed by atoms with E-state index >= 15 is 0 Å². The lowest BCUT2D eigenvalue weighted by molar-refractivity contribution is -0.122. The standard InChI is InChI=1S/C12H14BrNO2/c1-16-9-5-6-10(13)11(7-9)14-12(15)8-3-2-4-8/h5-8H,2-4H2,1H3,(H,14,15). The van der Waals surface area contributed by atoms with Gasteiger partial charge in [0.2, 0.25) is 5.91 Å². The van der Waals surface area contributed by atoms with Crippen LogP contribution in [0.4, 0.5) is 5.69 Å². The van der Waals surface area contributed by atoms with Crippen molar-refractivity contribution < 1.29 is 9.53 Å². The number of benzene rings is 1. The highest BCUT2D eigenvalue weighted by molar-refractivity contribution is 9.10. The van der Waals surface area contributed by atoms with E-state index in [1.165, 1.54) is 0 Å². The van der Waals surface area contributed by atoms with Crippen LogP contribution in [0.15, 0.2) is 22.7 Å². The molecule has 0 spiro atoms. The largest absolute Gasteiger partial charge is 0.497 e. The van der Waals surface area contributed by atoms with Crippen molar-refractivity contribution in [1.82, 2.24) is 0 Å². The molecule has 1 aromatic rings. The van der Waals surface area contributed by atoms with E-state index in [0.29, 0.717) is 0 Å². The number of hydrogen-bond donors (Lipinski definition) is 1. The van der Waals surface area contributed by atoms with Gasteiger partial charge in [0.1, 0.15) is 5.75 Å². The molecule has 0 unspecified atom stereocenters. The second kappa shape index (κ2) is 4.87. The first-order valence-corrected chi connectivity index (χ1v) is 6.14. The third-order valence-corrected chi connectivity index (χ3v) is 3.60. The lowest BCUT2D eigenvalue weighted by atomic mass is 9.85. The molecule has 3 nitrogen and oxygen atoms in total. The Kier molecular flexibility index (Phi) is 3.49. The fourth-order valence-electron chi connectivity index (χ4n) is 1.63. The zero-order valence-electron chi connectivity index (χ0n) is 9.13. The maximum atomic E-state index is 11.8. The lowest BCUT2D eigenvalue weighted by Gasteiger charge is -2.24. The summed E-state index contributed by atoms with van der Waals surface area (Å²) in [5, 5.41) is 2.92. The first kappa shape index (κ1) is 11.5. The van der Waals surface area contributed by atoms with Crippen LogP contribution in [0.1, 0.15) is 19.3 Å². The average Bonchev–Trinajstić information content (AvgIpc) is 2.18. The van der Waals surface area contributed by atoms with Gasteiger partial charge < -0.3 is 10.1 Å². The molecule has 1 saturated carbocycles. The van der Waals surface area contributed by atoms with E-state index in [4.69, 9.17) is 4.74 Å². The number of carbonyl (C=O) groups is 1. The van der Waals surface area contributed by atoms with E-state index in [1.807, 2.05) is 18.2 Å². The smallest absolute Gasteiger partial charge is 0.227 e. The molecule has 0 atom stereocenters. The fraction of sp³-hybridized carbons (Fsp3) is 0.417. The highest BCUT2D eigenvalue weighted by Crippen LogP contribution is 2.31. The number of methoxy groups -OCH3 is 1. The molecule has 86 valence electrons. The summed E-state index contributed by atoms with van der Waals surface area (Å²) in [5.41, 5.74) is 0.774. The average molecular weight is 284 g/mol. The van der Waals surface area contributed by atoms with Crippen LogP contribution in [-0.2, 0) is 4.79 Å². The molecule has 1 N–H and O–H groups in total. The van der Waals surface area contributed by atoms with Gasteiger partial charge in [0.15, 0.2) is 0 Å². The van der Waals surface area contributed by atoms with Crippen LogP contribution in [0.5, 0.6) is 5.75 Å². The summed E-state index contributed by atoms with van der Waals surface area (Å²) in [6.07, 6.45) is 3.18. The van der Waals surface area contributed by atoms with Crippen molar-refractivity contribution in [2.24, 2.45) is 5.92 Å². The van der Waals surface area contributed by atoms with Gasteiger partial charge in [-0.1, -0.05) is 6.42 Å². The van der Waals surface area contributed by atoms with E-state index in [0.717, 1.165) is 35.2 Å². The second-order valence-electron chi connectivity index (χ2n) is 3.96. The van der Waals surface area contributed by atoms with Gasteiger partial charge in [0, 0.05) is 16.5 Å². The number of anilines is 1. The topological polar surface area (TPSA) is 38.3 Å². The van der Waals surface area contributed by atoms with Gasteiger partial charge in [-0.05, 0) is 40.9 Å². The van der Waals surface area contributed by atoms with Crippen molar-refractivity contribution in [3.8, 4) is 5.75 Å². The van der Waals surface area contributed by atoms with Gasteiger partial charge in [-0.3, -0.25) is 4.79 Å². The summed E-state index contributed by atoms with van der Waals surface area (Å²) < 4.78 is 6.00. The van der Waals surface area contributed by atoms with Crippen LogP contribution in [0.3, 0.4) is 0 Å². The molecule has 0 radical (unpaired) electrons. The van der Waals surface area contributed by atoms with E-state index in [9.17, 15) is 4.79 Å². The lowest BCUT2D eigenvalue weighted by Crippen LogP contribution is -2.28. The molecule has 0 bridgehead atoms. The molecule has 0 aliphatic heterocycles. The number of hydrogen-bond acceptors (Lipinski definition) is 2. The Morgan fingerprint density at radius 2 is 2.25 bits per heavy atom. The summed E-state index contributed by atoms with van der Waals surface area (Å²) in [5.74, 6) is 1.05. The minimum Gasteiger partial charge on any atom is -0.497 e. The summed E-state index contributed by atoms with van der Waals surface area (Å²) in [7, 11) is 1.61. The third-order valence-electron chi connectivity index (χ3n) is 2.91. The molecule has 1 fully saturated rings. The van der Waals surface area contributed by atoms with Crippen molar-refractivity contribution in [1.29, 1.82) is 0 Å². The highest BCUT2D eigenvalue weighted by atomic mass is 79.9. The van der Waals surface area contributed by atoms with Gasteiger partial charge in [0.05, 0.1) is 12.8 Å². The minimum atomic E-state index is 0.111. The van der Waals surface area contributed by atoms with Crippen LogP contribution >= 0.6 is 15.9 Å². The molecule has 1 aromatic carbocycles. The number of amides is 1. The third kappa shape index (κ3) is 2.38. The molecular formula is C12H14BrNO2. The zero-order valence-corrected chi connectivity index (χ0v) is 10.7. The van der Waals surface area contributed by atoms with Crippen LogP contribution in [0.25, 0.3) is 0 Å². The van der Waals surface area contributed by atoms with Gasteiger partial charge in [0.25, 0.3) is 0 Å². The van der Waals surface area contributed by atoms with Gasteiger partial charge >= 0.3 is 0 Å². The molecule has 16 heavy (non-hydrogen) atoms. The number of carbonyl (C=O) groups excluding carboxylic acids is 1. The Labute approximate surface area is 103 Å². The van der Waals surface area contributed by atoms with Crippen LogP contribution in [0, 0.1) is 5.92 Å². The van der Waals surface area contributed by atoms with Gasteiger partial charge in [-0.15, -0.1) is 0 Å². The maximum absolute atomic E-state index is 11.8. The quantitative estimate of drug-likeness (QED) is 0.925. The predicted molar refractivity (Wildman–Crippen MR) is 66.7 cm³/mol. The molecule has 2 rings (SSSR count). The van der Waals surface area contributed by atoms with Gasteiger partial charge in [-0.25, -0.2) is 0 Å². The molecular weight excluding hydrogens is 270 g/mol. The molecule has 0 saturated heterocycles. The molecule has 1 aliphatic carbocycles. The molecule has 1 aliphatic rings. The predicted octanol–water partition coefficient (Wildman–Crippen LogP) is 3.20. The van der Waals surface area contributed by atoms with E-state index in [-0.39, 0.29) is 11.8 Å². The monoisotopic (exact) mass is 283 g/mol. The minimum absolute atomic E-state index is 0.111. The van der Waals surface area contributed by atoms with Gasteiger partial charge in [-0.2, -0.15) is 0 Å². The Balaban J connectivity index is 2.09. The highest BCUT2D eigenvalue weighted by Gasteiger charge is 2.25. The maximum Gasteiger partial charge on any atom is 0.227 e. The Morgan fingerprint density at radius 1 is 1.50 bits per heavy atom. The summed E-state index contributed by atoms with van der Waals surface area (Å²) in [6, 6.07) is 5.54. The molecule has 0 aromatic heterocycles. The summed E-state index contributed by atoms with van der Waals surface area (Å²) >= 11 is 3.41. The molecule has 0 heterocycles. The van der Waals surface area contributed by atoms with E-state index in [2.05, 4.69) is 21.2 Å². The SMILES string of the molecule is COc1ccc(Br)c(NC(=O)C2CCC2)c1. The summed E-state index contributed by atoms with van der Waals surface area (Å²) in [6.45, 7) is 0. The Hall–Kier alpha value is -1.03.